The minimum absolute atomic E-state index is 0.0718. The van der Waals surface area contributed by atoms with Crippen LogP contribution in [0.4, 0.5) is 0 Å². The summed E-state index contributed by atoms with van der Waals surface area (Å²) in [5.41, 5.74) is 5.82. The third-order valence-corrected chi connectivity index (χ3v) is 2.10. The van der Waals surface area contributed by atoms with Gasteiger partial charge >= 0.3 is 0 Å². The van der Waals surface area contributed by atoms with Crippen LogP contribution in [0.25, 0.3) is 0 Å². The summed E-state index contributed by atoms with van der Waals surface area (Å²) >= 11 is 0. The molecule has 11 heavy (non-hydrogen) atoms. The minimum Gasteiger partial charge on any atom is -0.327 e. The van der Waals surface area contributed by atoms with Crippen LogP contribution in [0.2, 0.25) is 0 Å². The van der Waals surface area contributed by atoms with Gasteiger partial charge in [-0.2, -0.15) is 0 Å². The van der Waals surface area contributed by atoms with E-state index in [1.165, 1.54) is 0 Å². The number of carbonyl (C=O) groups is 1. The van der Waals surface area contributed by atoms with E-state index < -0.39 is 0 Å². The first kappa shape index (κ1) is 10.6. The van der Waals surface area contributed by atoms with E-state index in [2.05, 4.69) is 6.92 Å². The molecule has 2 N–H and O–H groups in total. The summed E-state index contributed by atoms with van der Waals surface area (Å²) < 4.78 is 0. The van der Waals surface area contributed by atoms with Crippen LogP contribution in [0, 0.1) is 5.92 Å². The summed E-state index contributed by atoms with van der Waals surface area (Å²) in [6.07, 6.45) is 2.89. The van der Waals surface area contributed by atoms with Crippen molar-refractivity contribution in [2.45, 2.75) is 46.1 Å². The predicted molar refractivity (Wildman–Crippen MR) is 47.3 cm³/mol. The average Bonchev–Trinajstić information content (AvgIpc) is 1.88. The van der Waals surface area contributed by atoms with Gasteiger partial charge in [-0.15, -0.1) is 0 Å². The second-order valence-electron chi connectivity index (χ2n) is 3.08. The van der Waals surface area contributed by atoms with Crippen LogP contribution in [0.1, 0.15) is 40.0 Å². The first-order valence-corrected chi connectivity index (χ1v) is 4.39. The Bertz CT molecular complexity index is 123. The Balaban J connectivity index is 3.91. The molecule has 0 heterocycles. The molecule has 0 aliphatic rings. The normalized spacial score (nSPS) is 16.0. The second-order valence-corrected chi connectivity index (χ2v) is 3.08. The van der Waals surface area contributed by atoms with Crippen LogP contribution in [0.15, 0.2) is 0 Å². The number of ketones is 1. The molecule has 0 saturated carbocycles. The van der Waals surface area contributed by atoms with Gasteiger partial charge in [0.2, 0.25) is 0 Å². The number of hydrogen-bond acceptors (Lipinski definition) is 2. The van der Waals surface area contributed by atoms with E-state index in [1.807, 2.05) is 6.92 Å². The monoisotopic (exact) mass is 157 g/mol. The quantitative estimate of drug-likeness (QED) is 0.660. The molecule has 0 saturated heterocycles. The lowest BCUT2D eigenvalue weighted by Crippen LogP contribution is -2.33. The Morgan fingerprint density at radius 3 is 2.27 bits per heavy atom. The lowest BCUT2D eigenvalue weighted by atomic mass is 9.91. The van der Waals surface area contributed by atoms with E-state index in [0.717, 1.165) is 19.3 Å². The van der Waals surface area contributed by atoms with E-state index in [1.54, 1.807) is 6.92 Å². The topological polar surface area (TPSA) is 43.1 Å². The Hall–Kier alpha value is -0.370. The van der Waals surface area contributed by atoms with Gasteiger partial charge in [-0.3, -0.25) is 4.79 Å². The molecular weight excluding hydrogens is 138 g/mol. The van der Waals surface area contributed by atoms with Crippen molar-refractivity contribution in [3.05, 3.63) is 0 Å². The minimum atomic E-state index is 0.0718. The molecule has 2 atom stereocenters. The number of nitrogens with two attached hydrogens (primary N) is 1. The molecule has 0 aliphatic heterocycles. The van der Waals surface area contributed by atoms with Crippen molar-refractivity contribution in [2.24, 2.45) is 11.7 Å². The Morgan fingerprint density at radius 2 is 2.00 bits per heavy atom. The molecule has 0 radical (unpaired) electrons. The van der Waals surface area contributed by atoms with E-state index >= 15 is 0 Å². The zero-order chi connectivity index (χ0) is 8.85. The summed E-state index contributed by atoms with van der Waals surface area (Å²) in [5, 5.41) is 0. The van der Waals surface area contributed by atoms with Crippen LogP contribution in [0.5, 0.6) is 0 Å². The van der Waals surface area contributed by atoms with Gasteiger partial charge in [-0.05, 0) is 19.8 Å². The zero-order valence-corrected chi connectivity index (χ0v) is 7.76. The van der Waals surface area contributed by atoms with Crippen LogP contribution in [0.3, 0.4) is 0 Å². The molecule has 2 heteroatoms. The molecule has 0 aromatic carbocycles. The predicted octanol–water partition coefficient (Wildman–Crippen LogP) is 1.73. The third kappa shape index (κ3) is 3.51. The molecule has 0 aromatic rings. The maximum atomic E-state index is 11.0. The van der Waals surface area contributed by atoms with Crippen molar-refractivity contribution in [3.8, 4) is 0 Å². The largest absolute Gasteiger partial charge is 0.327 e. The highest BCUT2D eigenvalue weighted by Crippen LogP contribution is 2.12. The molecule has 0 spiro atoms. The Morgan fingerprint density at radius 1 is 1.45 bits per heavy atom. The first-order valence-electron chi connectivity index (χ1n) is 4.39. The summed E-state index contributed by atoms with van der Waals surface area (Å²) in [6.45, 7) is 5.73. The molecule has 0 fully saturated rings. The smallest absolute Gasteiger partial charge is 0.134 e. The van der Waals surface area contributed by atoms with E-state index in [4.69, 9.17) is 5.73 Å². The van der Waals surface area contributed by atoms with Crippen molar-refractivity contribution in [2.75, 3.05) is 0 Å². The van der Waals surface area contributed by atoms with Crippen molar-refractivity contribution < 1.29 is 4.79 Å². The molecular formula is C9H19NO. The van der Waals surface area contributed by atoms with Crippen molar-refractivity contribution in [3.63, 3.8) is 0 Å². The number of hydrogen-bond donors (Lipinski definition) is 1. The standard InChI is InChI=1S/C9H19NO/c1-4-6-9(10)8(5-2)7(3)11/h8-9H,4-6,10H2,1-3H3/t8-,9+/m0/s1. The highest BCUT2D eigenvalue weighted by molar-refractivity contribution is 5.78. The van der Waals surface area contributed by atoms with Gasteiger partial charge in [0.1, 0.15) is 5.78 Å². The molecule has 0 unspecified atom stereocenters. The highest BCUT2D eigenvalue weighted by Gasteiger charge is 2.18. The van der Waals surface area contributed by atoms with Crippen molar-refractivity contribution in [1.29, 1.82) is 0 Å². The van der Waals surface area contributed by atoms with E-state index in [0.29, 0.717) is 0 Å². The number of rotatable bonds is 5. The van der Waals surface area contributed by atoms with Gasteiger partial charge in [0.05, 0.1) is 0 Å². The maximum absolute atomic E-state index is 11.0. The fourth-order valence-electron chi connectivity index (χ4n) is 1.43. The average molecular weight is 157 g/mol. The summed E-state index contributed by atoms with van der Waals surface area (Å²) in [5.74, 6) is 0.309. The summed E-state index contributed by atoms with van der Waals surface area (Å²) in [7, 11) is 0. The number of Topliss-reactive ketones (excluding diaryl/α,β-unsaturated/α-hetero) is 1. The van der Waals surface area contributed by atoms with Gasteiger partial charge < -0.3 is 5.73 Å². The fraction of sp³-hybridized carbons (Fsp3) is 0.889. The van der Waals surface area contributed by atoms with Crippen LogP contribution < -0.4 is 5.73 Å². The van der Waals surface area contributed by atoms with Gasteiger partial charge in [0.15, 0.2) is 0 Å². The van der Waals surface area contributed by atoms with Gasteiger partial charge in [-0.25, -0.2) is 0 Å². The highest BCUT2D eigenvalue weighted by atomic mass is 16.1. The van der Waals surface area contributed by atoms with Crippen molar-refractivity contribution >= 4 is 5.78 Å². The fourth-order valence-corrected chi connectivity index (χ4v) is 1.43. The molecule has 0 bridgehead atoms. The maximum Gasteiger partial charge on any atom is 0.134 e. The summed E-state index contributed by atoms with van der Waals surface area (Å²) in [4.78, 5) is 11.0. The third-order valence-electron chi connectivity index (χ3n) is 2.10. The van der Waals surface area contributed by atoms with Crippen LogP contribution >= 0.6 is 0 Å². The molecule has 0 aliphatic carbocycles. The second kappa shape index (κ2) is 5.30. The van der Waals surface area contributed by atoms with Gasteiger partial charge in [0, 0.05) is 12.0 Å². The molecule has 2 nitrogen and oxygen atoms in total. The Labute approximate surface area is 69.2 Å². The van der Waals surface area contributed by atoms with Crippen LogP contribution in [-0.2, 0) is 4.79 Å². The Kier molecular flexibility index (Phi) is 5.12. The van der Waals surface area contributed by atoms with E-state index in [9.17, 15) is 4.79 Å². The number of carbonyl (C=O) groups excluding carboxylic acids is 1. The van der Waals surface area contributed by atoms with Gasteiger partial charge in [-0.1, -0.05) is 20.3 Å². The summed E-state index contributed by atoms with van der Waals surface area (Å²) in [6, 6.07) is 0.0718. The lowest BCUT2D eigenvalue weighted by molar-refractivity contribution is -0.121. The molecule has 0 amide bonds. The zero-order valence-electron chi connectivity index (χ0n) is 7.76. The van der Waals surface area contributed by atoms with E-state index in [-0.39, 0.29) is 17.7 Å². The lowest BCUT2D eigenvalue weighted by Gasteiger charge is -2.18. The van der Waals surface area contributed by atoms with Crippen molar-refractivity contribution in [1.82, 2.24) is 0 Å². The molecule has 0 aromatic heterocycles. The first-order chi connectivity index (χ1) is 5.13. The molecule has 0 rings (SSSR count). The van der Waals surface area contributed by atoms with Crippen LogP contribution in [-0.4, -0.2) is 11.8 Å². The molecule has 66 valence electrons. The SMILES string of the molecule is CCC[C@@H](N)[C@@H](CC)C(C)=O. The van der Waals surface area contributed by atoms with Gasteiger partial charge in [0.25, 0.3) is 0 Å².